The van der Waals surface area contributed by atoms with Gasteiger partial charge in [-0.25, -0.2) is 4.98 Å². The molecule has 1 aromatic heterocycles. The number of carbonyl (C=O) groups is 1. The second-order valence-corrected chi connectivity index (χ2v) is 4.86. The lowest BCUT2D eigenvalue weighted by Crippen LogP contribution is -1.99. The third-order valence-electron chi connectivity index (χ3n) is 2.34. The smallest absolute Gasteiger partial charge is 0.307 e. The standard InChI is InChI=1S/C13H13NO3S/c1-9-7-17-13(14-9)18-8-11-4-2-10(3-5-11)6-12(15)16/h2-5,7H,6,8H2,1H3,(H,15,16). The molecule has 18 heavy (non-hydrogen) atoms. The first-order valence-corrected chi connectivity index (χ1v) is 6.46. The third-order valence-corrected chi connectivity index (χ3v) is 3.25. The van der Waals surface area contributed by atoms with Crippen LogP contribution < -0.4 is 0 Å². The number of oxazole rings is 1. The maximum absolute atomic E-state index is 10.5. The molecule has 5 heteroatoms. The van der Waals surface area contributed by atoms with Gasteiger partial charge in [-0.05, 0) is 18.1 Å². The van der Waals surface area contributed by atoms with Gasteiger partial charge in [-0.15, -0.1) is 0 Å². The zero-order valence-corrected chi connectivity index (χ0v) is 10.7. The van der Waals surface area contributed by atoms with E-state index in [2.05, 4.69) is 4.98 Å². The molecule has 4 nitrogen and oxygen atoms in total. The Morgan fingerprint density at radius 2 is 2.00 bits per heavy atom. The number of thioether (sulfide) groups is 1. The number of hydrogen-bond donors (Lipinski definition) is 1. The van der Waals surface area contributed by atoms with Crippen LogP contribution in [0.1, 0.15) is 16.8 Å². The predicted molar refractivity (Wildman–Crippen MR) is 68.6 cm³/mol. The molecule has 1 N–H and O–H groups in total. The molecule has 0 radical (unpaired) electrons. The Kier molecular flexibility index (Phi) is 4.04. The normalized spacial score (nSPS) is 10.5. The Balaban J connectivity index is 1.92. The number of aromatic nitrogens is 1. The fraction of sp³-hybridized carbons (Fsp3) is 0.231. The van der Waals surface area contributed by atoms with Crippen molar-refractivity contribution >= 4 is 17.7 Å². The van der Waals surface area contributed by atoms with Gasteiger partial charge < -0.3 is 9.52 Å². The van der Waals surface area contributed by atoms with Crippen molar-refractivity contribution in [2.45, 2.75) is 24.3 Å². The van der Waals surface area contributed by atoms with E-state index < -0.39 is 5.97 Å². The largest absolute Gasteiger partial charge is 0.481 e. The molecule has 0 amide bonds. The van der Waals surface area contributed by atoms with E-state index in [1.165, 1.54) is 11.8 Å². The number of rotatable bonds is 5. The number of carboxylic acids is 1. The van der Waals surface area contributed by atoms with Crippen LogP contribution in [-0.2, 0) is 17.0 Å². The average Bonchev–Trinajstić information content (AvgIpc) is 2.74. The van der Waals surface area contributed by atoms with Crippen molar-refractivity contribution in [1.82, 2.24) is 4.98 Å². The van der Waals surface area contributed by atoms with Crippen LogP contribution in [0.3, 0.4) is 0 Å². The van der Waals surface area contributed by atoms with Crippen molar-refractivity contribution in [1.29, 1.82) is 0 Å². The molecule has 0 aliphatic heterocycles. The summed E-state index contributed by atoms with van der Waals surface area (Å²) in [6, 6.07) is 7.54. The molecule has 0 saturated carbocycles. The monoisotopic (exact) mass is 263 g/mol. The summed E-state index contributed by atoms with van der Waals surface area (Å²) in [6.07, 6.45) is 1.69. The molecule has 2 rings (SSSR count). The van der Waals surface area contributed by atoms with Crippen molar-refractivity contribution in [3.05, 3.63) is 47.3 Å². The zero-order valence-electron chi connectivity index (χ0n) is 9.92. The summed E-state index contributed by atoms with van der Waals surface area (Å²) in [6.45, 7) is 1.88. The van der Waals surface area contributed by atoms with Gasteiger partial charge >= 0.3 is 5.97 Å². The van der Waals surface area contributed by atoms with Crippen LogP contribution in [0.2, 0.25) is 0 Å². The SMILES string of the molecule is Cc1coc(SCc2ccc(CC(=O)O)cc2)n1. The summed E-state index contributed by atoms with van der Waals surface area (Å²) >= 11 is 1.52. The van der Waals surface area contributed by atoms with Crippen molar-refractivity contribution in [3.8, 4) is 0 Å². The summed E-state index contributed by atoms with van der Waals surface area (Å²) in [5.74, 6) is -0.0554. The van der Waals surface area contributed by atoms with Crippen LogP contribution in [0.4, 0.5) is 0 Å². The van der Waals surface area contributed by atoms with Crippen LogP contribution in [0, 0.1) is 6.92 Å². The first-order chi connectivity index (χ1) is 8.63. The number of aliphatic carboxylic acids is 1. The fourth-order valence-corrected chi connectivity index (χ4v) is 2.28. The molecule has 1 heterocycles. The Labute approximate surface area is 109 Å². The molecule has 0 spiro atoms. The summed E-state index contributed by atoms with van der Waals surface area (Å²) in [5, 5.41) is 9.32. The predicted octanol–water partition coefficient (Wildman–Crippen LogP) is 2.90. The average molecular weight is 263 g/mol. The summed E-state index contributed by atoms with van der Waals surface area (Å²) in [7, 11) is 0. The third kappa shape index (κ3) is 3.63. The Hall–Kier alpha value is -1.75. The van der Waals surface area contributed by atoms with Crippen LogP contribution in [0.25, 0.3) is 0 Å². The van der Waals surface area contributed by atoms with Gasteiger partial charge in [0.2, 0.25) is 0 Å². The molecule has 0 atom stereocenters. The molecule has 2 aromatic rings. The second kappa shape index (κ2) is 5.73. The van der Waals surface area contributed by atoms with Crippen LogP contribution >= 0.6 is 11.8 Å². The minimum Gasteiger partial charge on any atom is -0.481 e. The van der Waals surface area contributed by atoms with Gasteiger partial charge in [0.1, 0.15) is 6.26 Å². The van der Waals surface area contributed by atoms with Crippen molar-refractivity contribution in [2.24, 2.45) is 0 Å². The number of nitrogens with zero attached hydrogens (tertiary/aromatic N) is 1. The molecule has 0 fully saturated rings. The Morgan fingerprint density at radius 1 is 1.33 bits per heavy atom. The van der Waals surface area contributed by atoms with E-state index in [1.807, 2.05) is 31.2 Å². The van der Waals surface area contributed by atoms with Crippen molar-refractivity contribution in [2.75, 3.05) is 0 Å². The molecule has 1 aromatic carbocycles. The maximum atomic E-state index is 10.5. The lowest BCUT2D eigenvalue weighted by Gasteiger charge is -2.01. The highest BCUT2D eigenvalue weighted by molar-refractivity contribution is 7.98. The van der Waals surface area contributed by atoms with Gasteiger partial charge in [-0.3, -0.25) is 4.79 Å². The highest BCUT2D eigenvalue weighted by Gasteiger charge is 2.03. The summed E-state index contributed by atoms with van der Waals surface area (Å²) in [5.41, 5.74) is 2.79. The minimum absolute atomic E-state index is 0.0619. The van der Waals surface area contributed by atoms with Gasteiger partial charge in [-0.1, -0.05) is 36.0 Å². The second-order valence-electron chi connectivity index (χ2n) is 3.93. The molecular weight excluding hydrogens is 250 g/mol. The number of hydrogen-bond acceptors (Lipinski definition) is 4. The van der Waals surface area contributed by atoms with Gasteiger partial charge in [0.15, 0.2) is 0 Å². The van der Waals surface area contributed by atoms with Crippen LogP contribution in [-0.4, -0.2) is 16.1 Å². The topological polar surface area (TPSA) is 63.3 Å². The van der Waals surface area contributed by atoms with Gasteiger partial charge in [0.05, 0.1) is 12.1 Å². The van der Waals surface area contributed by atoms with Crippen molar-refractivity contribution < 1.29 is 14.3 Å². The molecule has 0 aliphatic carbocycles. The summed E-state index contributed by atoms with van der Waals surface area (Å²) in [4.78, 5) is 14.7. The molecule has 0 bridgehead atoms. The molecule has 0 unspecified atom stereocenters. The van der Waals surface area contributed by atoms with Gasteiger partial charge in [-0.2, -0.15) is 0 Å². The number of aryl methyl sites for hydroxylation is 1. The van der Waals surface area contributed by atoms with E-state index in [4.69, 9.17) is 9.52 Å². The van der Waals surface area contributed by atoms with E-state index in [-0.39, 0.29) is 6.42 Å². The zero-order chi connectivity index (χ0) is 13.0. The molecule has 94 valence electrons. The van der Waals surface area contributed by atoms with Gasteiger partial charge in [0.25, 0.3) is 5.22 Å². The van der Waals surface area contributed by atoms with Crippen molar-refractivity contribution in [3.63, 3.8) is 0 Å². The van der Waals surface area contributed by atoms with E-state index in [1.54, 1.807) is 6.26 Å². The lowest BCUT2D eigenvalue weighted by molar-refractivity contribution is -0.136. The van der Waals surface area contributed by atoms with E-state index in [0.29, 0.717) is 5.22 Å². The number of carboxylic acid groups (broad SMARTS) is 1. The first kappa shape index (κ1) is 12.7. The van der Waals surface area contributed by atoms with Crippen LogP contribution in [0.5, 0.6) is 0 Å². The quantitative estimate of drug-likeness (QED) is 0.840. The molecular formula is C13H13NO3S. The van der Waals surface area contributed by atoms with Gasteiger partial charge in [0, 0.05) is 5.75 Å². The highest BCUT2D eigenvalue weighted by atomic mass is 32.2. The Morgan fingerprint density at radius 3 is 2.56 bits per heavy atom. The molecule has 0 aliphatic rings. The first-order valence-electron chi connectivity index (χ1n) is 5.48. The summed E-state index contributed by atoms with van der Waals surface area (Å²) < 4.78 is 5.24. The maximum Gasteiger partial charge on any atom is 0.307 e. The molecule has 0 saturated heterocycles. The Bertz CT molecular complexity index is 533. The highest BCUT2D eigenvalue weighted by Crippen LogP contribution is 2.22. The minimum atomic E-state index is -0.813. The lowest BCUT2D eigenvalue weighted by atomic mass is 10.1. The fourth-order valence-electron chi connectivity index (χ4n) is 1.47. The number of benzene rings is 1. The van der Waals surface area contributed by atoms with E-state index in [0.717, 1.165) is 22.6 Å². The van der Waals surface area contributed by atoms with Crippen LogP contribution in [0.15, 0.2) is 40.2 Å². The van der Waals surface area contributed by atoms with E-state index >= 15 is 0 Å². The van der Waals surface area contributed by atoms with E-state index in [9.17, 15) is 4.79 Å².